The molecule has 2 saturated heterocycles. The van der Waals surface area contributed by atoms with Gasteiger partial charge in [0.15, 0.2) is 17.5 Å². The van der Waals surface area contributed by atoms with Crippen molar-refractivity contribution < 1.29 is 14.2 Å². The van der Waals surface area contributed by atoms with E-state index in [-0.39, 0.29) is 6.61 Å². The highest BCUT2D eigenvalue weighted by molar-refractivity contribution is 5.80. The largest absolute Gasteiger partial charge is 0.493 e. The number of nitrogens with zero attached hydrogens (tertiary/aromatic N) is 2. The lowest BCUT2D eigenvalue weighted by Gasteiger charge is -2.25. The molecule has 3 rings (SSSR count). The van der Waals surface area contributed by atoms with Gasteiger partial charge in [-0.15, -0.1) is 6.42 Å². The van der Waals surface area contributed by atoms with E-state index in [9.17, 15) is 0 Å². The summed E-state index contributed by atoms with van der Waals surface area (Å²) in [6.45, 7) is 4.64. The van der Waals surface area contributed by atoms with Crippen LogP contribution in [0.15, 0.2) is 23.2 Å². The van der Waals surface area contributed by atoms with Crippen molar-refractivity contribution in [3.63, 3.8) is 0 Å². The van der Waals surface area contributed by atoms with Gasteiger partial charge in [0.1, 0.15) is 6.61 Å². The van der Waals surface area contributed by atoms with Crippen LogP contribution >= 0.6 is 0 Å². The Balaban J connectivity index is 1.61. The van der Waals surface area contributed by atoms with Crippen molar-refractivity contribution in [2.45, 2.75) is 19.4 Å². The highest BCUT2D eigenvalue weighted by Gasteiger charge is 2.42. The summed E-state index contributed by atoms with van der Waals surface area (Å²) in [5, 5.41) is 3.45. The summed E-state index contributed by atoms with van der Waals surface area (Å²) in [5.41, 5.74) is 1.39. The Morgan fingerprint density at radius 2 is 2.31 bits per heavy atom. The third-order valence-corrected chi connectivity index (χ3v) is 5.12. The Morgan fingerprint density at radius 1 is 1.42 bits per heavy atom. The number of likely N-dealkylation sites (tertiary alicyclic amines) is 1. The van der Waals surface area contributed by atoms with Crippen LogP contribution in [-0.4, -0.2) is 57.9 Å². The zero-order valence-corrected chi connectivity index (χ0v) is 15.6. The van der Waals surface area contributed by atoms with Crippen molar-refractivity contribution >= 4 is 5.96 Å². The maximum absolute atomic E-state index is 5.61. The number of terminal acetylenes is 1. The van der Waals surface area contributed by atoms with Crippen LogP contribution in [0, 0.1) is 17.8 Å². The number of ether oxygens (including phenoxy) is 3. The smallest absolute Gasteiger partial charge is 0.193 e. The number of guanidine groups is 1. The average molecular weight is 357 g/mol. The molecule has 0 radical (unpaired) electrons. The van der Waals surface area contributed by atoms with Crippen molar-refractivity contribution in [1.82, 2.24) is 10.2 Å². The number of nitrogens with one attached hydrogen (secondary N) is 1. The zero-order valence-electron chi connectivity index (χ0n) is 15.6. The second kappa shape index (κ2) is 8.33. The van der Waals surface area contributed by atoms with Gasteiger partial charge in [-0.3, -0.25) is 4.99 Å². The summed E-state index contributed by atoms with van der Waals surface area (Å²) in [6, 6.07) is 5.86. The molecule has 26 heavy (non-hydrogen) atoms. The van der Waals surface area contributed by atoms with E-state index in [0.717, 1.165) is 44.2 Å². The summed E-state index contributed by atoms with van der Waals surface area (Å²) in [6.07, 6.45) is 7.60. The first-order valence-corrected chi connectivity index (χ1v) is 8.96. The molecule has 0 amide bonds. The van der Waals surface area contributed by atoms with E-state index in [0.29, 0.717) is 23.5 Å². The Hall–Kier alpha value is -2.39. The van der Waals surface area contributed by atoms with E-state index in [1.165, 1.54) is 6.42 Å². The molecule has 0 aliphatic carbocycles. The molecule has 0 aromatic heterocycles. The van der Waals surface area contributed by atoms with Gasteiger partial charge in [-0.05, 0) is 30.5 Å². The summed E-state index contributed by atoms with van der Waals surface area (Å²) in [5.74, 6) is 4.74. The quantitative estimate of drug-likeness (QED) is 0.496. The van der Waals surface area contributed by atoms with Crippen LogP contribution in [0.2, 0.25) is 0 Å². The van der Waals surface area contributed by atoms with Crippen LogP contribution in [0.4, 0.5) is 0 Å². The molecule has 1 aromatic carbocycles. The number of aliphatic imine (C=N–C) groups is 1. The summed E-state index contributed by atoms with van der Waals surface area (Å²) >= 11 is 0. The predicted octanol–water partition coefficient (Wildman–Crippen LogP) is 1.89. The first-order valence-electron chi connectivity index (χ1n) is 8.96. The SMILES string of the molecule is C#CCOc1cc(CNC(=NC)N2CCC3(CCOC3)C2)ccc1OC. The second-order valence-corrected chi connectivity index (χ2v) is 6.85. The van der Waals surface area contributed by atoms with Crippen LogP contribution in [0.5, 0.6) is 11.5 Å². The summed E-state index contributed by atoms with van der Waals surface area (Å²) in [7, 11) is 3.45. The van der Waals surface area contributed by atoms with Crippen molar-refractivity contribution in [2.75, 3.05) is 47.1 Å². The monoisotopic (exact) mass is 357 g/mol. The van der Waals surface area contributed by atoms with E-state index in [4.69, 9.17) is 20.6 Å². The molecule has 140 valence electrons. The summed E-state index contributed by atoms with van der Waals surface area (Å²) < 4.78 is 16.5. The Labute approximate surface area is 155 Å². The molecule has 1 spiro atoms. The van der Waals surface area contributed by atoms with Gasteiger partial charge in [0, 0.05) is 38.7 Å². The lowest BCUT2D eigenvalue weighted by Crippen LogP contribution is -2.41. The minimum atomic E-state index is 0.215. The molecule has 2 aliphatic heterocycles. The standard InChI is InChI=1S/C20H27N3O3/c1-4-10-26-18-12-16(5-6-17(18)24-3)13-22-19(21-2)23-9-7-20(14-23)8-11-25-15-20/h1,5-6,12H,7-11,13-15H2,2-3H3,(H,21,22). The van der Waals surface area contributed by atoms with Crippen LogP contribution < -0.4 is 14.8 Å². The number of hydrogen-bond donors (Lipinski definition) is 1. The van der Waals surface area contributed by atoms with Gasteiger partial charge in [-0.1, -0.05) is 12.0 Å². The van der Waals surface area contributed by atoms with Gasteiger partial charge >= 0.3 is 0 Å². The molecule has 2 fully saturated rings. The van der Waals surface area contributed by atoms with Crippen LogP contribution in [0.3, 0.4) is 0 Å². The van der Waals surface area contributed by atoms with E-state index in [1.807, 2.05) is 25.2 Å². The minimum Gasteiger partial charge on any atom is -0.493 e. The second-order valence-electron chi connectivity index (χ2n) is 6.85. The lowest BCUT2D eigenvalue weighted by atomic mass is 9.87. The van der Waals surface area contributed by atoms with Gasteiger partial charge in [0.05, 0.1) is 13.7 Å². The Morgan fingerprint density at radius 3 is 3.00 bits per heavy atom. The first kappa shape index (κ1) is 18.4. The number of methoxy groups -OCH3 is 1. The van der Waals surface area contributed by atoms with Crippen LogP contribution in [-0.2, 0) is 11.3 Å². The van der Waals surface area contributed by atoms with Crippen molar-refractivity contribution in [3.05, 3.63) is 23.8 Å². The minimum absolute atomic E-state index is 0.215. The highest BCUT2D eigenvalue weighted by Crippen LogP contribution is 2.38. The molecule has 1 unspecified atom stereocenters. The molecular weight excluding hydrogens is 330 g/mol. The molecule has 2 heterocycles. The van der Waals surface area contributed by atoms with Crippen molar-refractivity contribution in [1.29, 1.82) is 0 Å². The van der Waals surface area contributed by atoms with E-state index in [1.54, 1.807) is 7.11 Å². The molecule has 0 saturated carbocycles. The van der Waals surface area contributed by atoms with Crippen LogP contribution in [0.25, 0.3) is 0 Å². The van der Waals surface area contributed by atoms with Crippen molar-refractivity contribution in [3.8, 4) is 23.8 Å². The molecular formula is C20H27N3O3. The fraction of sp³-hybridized carbons (Fsp3) is 0.550. The van der Waals surface area contributed by atoms with E-state index >= 15 is 0 Å². The normalized spacial score (nSPS) is 22.5. The maximum atomic E-state index is 5.61. The zero-order chi connectivity index (χ0) is 18.4. The summed E-state index contributed by atoms with van der Waals surface area (Å²) in [4.78, 5) is 6.78. The number of hydrogen-bond acceptors (Lipinski definition) is 4. The fourth-order valence-electron chi connectivity index (χ4n) is 3.66. The van der Waals surface area contributed by atoms with Gasteiger partial charge in [-0.25, -0.2) is 0 Å². The first-order chi connectivity index (χ1) is 12.7. The van der Waals surface area contributed by atoms with Gasteiger partial charge in [0.2, 0.25) is 0 Å². The third-order valence-electron chi connectivity index (χ3n) is 5.12. The lowest BCUT2D eigenvalue weighted by molar-refractivity contribution is 0.156. The number of rotatable bonds is 5. The third kappa shape index (κ3) is 4.05. The fourth-order valence-corrected chi connectivity index (χ4v) is 3.66. The topological polar surface area (TPSA) is 55.3 Å². The number of benzene rings is 1. The predicted molar refractivity (Wildman–Crippen MR) is 102 cm³/mol. The highest BCUT2D eigenvalue weighted by atomic mass is 16.5. The van der Waals surface area contributed by atoms with Gasteiger partial charge < -0.3 is 24.4 Å². The molecule has 2 aliphatic rings. The Bertz CT molecular complexity index is 690. The Kier molecular flexibility index (Phi) is 5.89. The van der Waals surface area contributed by atoms with E-state index in [2.05, 4.69) is 21.1 Å². The maximum Gasteiger partial charge on any atom is 0.193 e. The van der Waals surface area contributed by atoms with Gasteiger partial charge in [0.25, 0.3) is 0 Å². The van der Waals surface area contributed by atoms with Gasteiger partial charge in [-0.2, -0.15) is 0 Å². The average Bonchev–Trinajstić information content (AvgIpc) is 3.30. The van der Waals surface area contributed by atoms with E-state index < -0.39 is 0 Å². The molecule has 6 heteroatoms. The molecule has 1 atom stereocenters. The molecule has 0 bridgehead atoms. The molecule has 1 N–H and O–H groups in total. The van der Waals surface area contributed by atoms with Crippen LogP contribution in [0.1, 0.15) is 18.4 Å². The molecule has 6 nitrogen and oxygen atoms in total. The molecule has 1 aromatic rings. The van der Waals surface area contributed by atoms with Crippen molar-refractivity contribution in [2.24, 2.45) is 10.4 Å².